The summed E-state index contributed by atoms with van der Waals surface area (Å²) in [6.07, 6.45) is 1.16. The minimum Gasteiger partial charge on any atom is -0.372 e. The first-order chi connectivity index (χ1) is 7.93. The Hall–Kier alpha value is -0.670. The maximum atomic E-state index is 6.22. The van der Waals surface area contributed by atoms with Crippen LogP contribution in [0.3, 0.4) is 0 Å². The van der Waals surface area contributed by atoms with Gasteiger partial charge in [-0.1, -0.05) is 37.0 Å². The Labute approximate surface area is 112 Å². The van der Waals surface area contributed by atoms with Gasteiger partial charge in [0.1, 0.15) is 11.6 Å². The number of rotatable bonds is 2. The summed E-state index contributed by atoms with van der Waals surface area (Å²) in [7, 11) is 1.81. The molecule has 0 aromatic carbocycles. The van der Waals surface area contributed by atoms with Gasteiger partial charge in [0.2, 0.25) is 0 Å². The maximum Gasteiger partial charge on any atom is 0.149 e. The van der Waals surface area contributed by atoms with Crippen LogP contribution < -0.4 is 10.2 Å². The first kappa shape index (κ1) is 12.8. The van der Waals surface area contributed by atoms with Crippen LogP contribution in [0.1, 0.15) is 20.3 Å². The summed E-state index contributed by atoms with van der Waals surface area (Å²) >= 11 is 12.3. The molecule has 0 spiro atoms. The van der Waals surface area contributed by atoms with E-state index in [0.29, 0.717) is 21.3 Å². The molecule has 5 heteroatoms. The van der Waals surface area contributed by atoms with Crippen LogP contribution in [0.4, 0.5) is 11.6 Å². The molecular weight excluding hydrogens is 257 g/mol. The van der Waals surface area contributed by atoms with Gasteiger partial charge in [0.25, 0.3) is 0 Å². The van der Waals surface area contributed by atoms with Gasteiger partial charge in [-0.2, -0.15) is 0 Å². The highest BCUT2D eigenvalue weighted by Crippen LogP contribution is 2.37. The summed E-state index contributed by atoms with van der Waals surface area (Å²) < 4.78 is 0. The van der Waals surface area contributed by atoms with Gasteiger partial charge < -0.3 is 10.2 Å². The van der Waals surface area contributed by atoms with E-state index in [0.717, 1.165) is 25.3 Å². The topological polar surface area (TPSA) is 28.2 Å². The normalized spacial score (nSPS) is 18.5. The fraction of sp³-hybridized carbons (Fsp3) is 0.583. The molecule has 1 aliphatic rings. The Balaban J connectivity index is 2.33. The van der Waals surface area contributed by atoms with E-state index in [-0.39, 0.29) is 0 Å². The highest BCUT2D eigenvalue weighted by Gasteiger charge is 2.31. The lowest BCUT2D eigenvalue weighted by molar-refractivity contribution is 0.418. The lowest BCUT2D eigenvalue weighted by Crippen LogP contribution is -2.24. The zero-order chi connectivity index (χ0) is 12.6. The lowest BCUT2D eigenvalue weighted by atomic mass is 9.93. The quantitative estimate of drug-likeness (QED) is 0.891. The molecule has 1 N–H and O–H groups in total. The average Bonchev–Trinajstić information content (AvgIpc) is 2.59. The first-order valence-corrected chi connectivity index (χ1v) is 6.47. The molecular formula is C12H17Cl2N3. The van der Waals surface area contributed by atoms with E-state index in [1.165, 1.54) is 0 Å². The van der Waals surface area contributed by atoms with Crippen molar-refractivity contribution in [2.45, 2.75) is 20.3 Å². The number of pyridine rings is 1. The van der Waals surface area contributed by atoms with Gasteiger partial charge in [0.05, 0.1) is 10.0 Å². The molecule has 1 aromatic rings. The van der Waals surface area contributed by atoms with Gasteiger partial charge in [-0.15, -0.1) is 0 Å². The smallest absolute Gasteiger partial charge is 0.149 e. The summed E-state index contributed by atoms with van der Waals surface area (Å²) in [6, 6.07) is 1.75. The average molecular weight is 274 g/mol. The second kappa shape index (κ2) is 4.54. The van der Waals surface area contributed by atoms with E-state index < -0.39 is 0 Å². The molecule has 94 valence electrons. The molecule has 1 fully saturated rings. The Morgan fingerprint density at radius 3 is 2.59 bits per heavy atom. The monoisotopic (exact) mass is 273 g/mol. The van der Waals surface area contributed by atoms with Crippen LogP contribution in [0, 0.1) is 5.41 Å². The highest BCUT2D eigenvalue weighted by atomic mass is 35.5. The molecule has 1 aromatic heterocycles. The van der Waals surface area contributed by atoms with Gasteiger partial charge in [-0.05, 0) is 17.9 Å². The Morgan fingerprint density at radius 1 is 1.35 bits per heavy atom. The van der Waals surface area contributed by atoms with Crippen molar-refractivity contribution < 1.29 is 0 Å². The molecule has 0 saturated carbocycles. The van der Waals surface area contributed by atoms with Crippen molar-refractivity contribution in [1.82, 2.24) is 4.98 Å². The van der Waals surface area contributed by atoms with Crippen LogP contribution in [-0.4, -0.2) is 25.1 Å². The van der Waals surface area contributed by atoms with Gasteiger partial charge in [-0.25, -0.2) is 4.98 Å². The van der Waals surface area contributed by atoms with Crippen LogP contribution in [0.5, 0.6) is 0 Å². The zero-order valence-electron chi connectivity index (χ0n) is 10.3. The van der Waals surface area contributed by atoms with E-state index in [4.69, 9.17) is 23.2 Å². The van der Waals surface area contributed by atoms with Gasteiger partial charge in [0.15, 0.2) is 0 Å². The third-order valence-corrected chi connectivity index (χ3v) is 3.69. The van der Waals surface area contributed by atoms with E-state index in [9.17, 15) is 0 Å². The molecule has 0 atom stereocenters. The lowest BCUT2D eigenvalue weighted by Gasteiger charge is -2.22. The minimum absolute atomic E-state index is 0.324. The molecule has 0 aliphatic carbocycles. The van der Waals surface area contributed by atoms with Crippen molar-refractivity contribution in [3.63, 3.8) is 0 Å². The summed E-state index contributed by atoms with van der Waals surface area (Å²) in [5.74, 6) is 1.50. The zero-order valence-corrected chi connectivity index (χ0v) is 11.9. The first-order valence-electron chi connectivity index (χ1n) is 5.72. The molecule has 0 bridgehead atoms. The van der Waals surface area contributed by atoms with E-state index >= 15 is 0 Å². The Morgan fingerprint density at radius 2 is 2.06 bits per heavy atom. The van der Waals surface area contributed by atoms with Gasteiger partial charge >= 0.3 is 0 Å². The number of nitrogens with zero attached hydrogens (tertiary/aromatic N) is 2. The summed E-state index contributed by atoms with van der Waals surface area (Å²) in [5, 5.41) is 4.15. The fourth-order valence-electron chi connectivity index (χ4n) is 2.15. The number of hydrogen-bond donors (Lipinski definition) is 1. The molecule has 3 nitrogen and oxygen atoms in total. The largest absolute Gasteiger partial charge is 0.372 e. The van der Waals surface area contributed by atoms with E-state index in [1.807, 2.05) is 0 Å². The Kier molecular flexibility index (Phi) is 3.41. The van der Waals surface area contributed by atoms with Crippen molar-refractivity contribution in [3.05, 3.63) is 16.1 Å². The van der Waals surface area contributed by atoms with Gasteiger partial charge in [-0.3, -0.25) is 0 Å². The molecule has 17 heavy (non-hydrogen) atoms. The van der Waals surface area contributed by atoms with Crippen molar-refractivity contribution in [1.29, 1.82) is 0 Å². The molecule has 0 radical (unpaired) electrons. The SMILES string of the molecule is CNc1nc(N2CCC(C)(C)C2)c(Cl)cc1Cl. The molecule has 2 rings (SSSR count). The van der Waals surface area contributed by atoms with Crippen molar-refractivity contribution in [2.75, 3.05) is 30.4 Å². The van der Waals surface area contributed by atoms with Crippen LogP contribution in [0.25, 0.3) is 0 Å². The molecule has 1 aliphatic heterocycles. The van der Waals surface area contributed by atoms with Crippen LogP contribution in [0.2, 0.25) is 10.0 Å². The van der Waals surface area contributed by atoms with Crippen molar-refractivity contribution >= 4 is 34.8 Å². The molecule has 0 amide bonds. The van der Waals surface area contributed by atoms with E-state index in [2.05, 4.69) is 29.0 Å². The third kappa shape index (κ3) is 2.61. The van der Waals surface area contributed by atoms with Crippen LogP contribution in [0.15, 0.2) is 6.07 Å². The number of aromatic nitrogens is 1. The maximum absolute atomic E-state index is 6.22. The second-order valence-corrected chi connectivity index (χ2v) is 6.02. The number of anilines is 2. The number of halogens is 2. The molecule has 0 unspecified atom stereocenters. The van der Waals surface area contributed by atoms with Crippen molar-refractivity contribution in [3.8, 4) is 0 Å². The van der Waals surface area contributed by atoms with Crippen LogP contribution in [-0.2, 0) is 0 Å². The Bertz CT molecular complexity index is 432. The van der Waals surface area contributed by atoms with Gasteiger partial charge in [0, 0.05) is 20.1 Å². The number of nitrogens with one attached hydrogen (secondary N) is 1. The second-order valence-electron chi connectivity index (χ2n) is 5.21. The molecule has 1 saturated heterocycles. The third-order valence-electron chi connectivity index (χ3n) is 3.12. The van der Waals surface area contributed by atoms with Crippen molar-refractivity contribution in [2.24, 2.45) is 5.41 Å². The standard InChI is InChI=1S/C12H17Cl2N3/c1-12(2)4-5-17(7-12)11-9(14)6-8(13)10(15-3)16-11/h6H,4-5,7H2,1-3H3,(H,15,16). The molecule has 2 heterocycles. The number of hydrogen-bond acceptors (Lipinski definition) is 3. The van der Waals surface area contributed by atoms with Crippen LogP contribution >= 0.6 is 23.2 Å². The predicted octanol–water partition coefficient (Wildman–Crippen LogP) is 3.67. The fourth-order valence-corrected chi connectivity index (χ4v) is 2.72. The summed E-state index contributed by atoms with van der Waals surface area (Å²) in [5.41, 5.74) is 0.324. The minimum atomic E-state index is 0.324. The summed E-state index contributed by atoms with van der Waals surface area (Å²) in [4.78, 5) is 6.71. The van der Waals surface area contributed by atoms with E-state index in [1.54, 1.807) is 13.1 Å². The highest BCUT2D eigenvalue weighted by molar-refractivity contribution is 6.37. The summed E-state index contributed by atoms with van der Waals surface area (Å²) in [6.45, 7) is 6.49. The predicted molar refractivity (Wildman–Crippen MR) is 74.4 cm³/mol.